The second-order valence-corrected chi connectivity index (χ2v) is 8.82. The SMILES string of the molecule is CN(C)CCOc1ccc(-c2ccncc2)c2c1CN(CCc1ccc3ccccc3n1)C2=O. The number of hydrogen-bond acceptors (Lipinski definition) is 5. The summed E-state index contributed by atoms with van der Waals surface area (Å²) in [5, 5.41) is 1.12. The van der Waals surface area contributed by atoms with Crippen LogP contribution >= 0.6 is 0 Å². The van der Waals surface area contributed by atoms with Gasteiger partial charge in [-0.1, -0.05) is 24.3 Å². The van der Waals surface area contributed by atoms with Crippen molar-refractivity contribution < 1.29 is 9.53 Å². The van der Waals surface area contributed by atoms with Crippen LogP contribution in [0.15, 0.2) is 73.1 Å². The molecule has 4 aromatic rings. The Kier molecular flexibility index (Phi) is 6.23. The Morgan fingerprint density at radius 3 is 2.65 bits per heavy atom. The van der Waals surface area contributed by atoms with E-state index in [1.165, 1.54) is 0 Å². The van der Waals surface area contributed by atoms with Crippen LogP contribution in [0.3, 0.4) is 0 Å². The van der Waals surface area contributed by atoms with E-state index in [1.807, 2.05) is 67.5 Å². The number of carbonyl (C=O) groups is 1. The van der Waals surface area contributed by atoms with Crippen LogP contribution in [0, 0.1) is 0 Å². The maximum atomic E-state index is 13.6. The zero-order valence-corrected chi connectivity index (χ0v) is 19.6. The Bertz CT molecular complexity index is 1320. The van der Waals surface area contributed by atoms with Gasteiger partial charge in [-0.3, -0.25) is 14.8 Å². The first-order chi connectivity index (χ1) is 16.6. The molecular weight excluding hydrogens is 424 g/mol. The van der Waals surface area contributed by atoms with Crippen molar-refractivity contribution in [2.24, 2.45) is 0 Å². The van der Waals surface area contributed by atoms with Crippen LogP contribution in [0.5, 0.6) is 5.75 Å². The number of para-hydroxylation sites is 1. The summed E-state index contributed by atoms with van der Waals surface area (Å²) < 4.78 is 6.11. The van der Waals surface area contributed by atoms with Crippen molar-refractivity contribution >= 4 is 16.8 Å². The van der Waals surface area contributed by atoms with E-state index in [-0.39, 0.29) is 5.91 Å². The quantitative estimate of drug-likeness (QED) is 0.396. The summed E-state index contributed by atoms with van der Waals surface area (Å²) in [5.41, 5.74) is 5.57. The summed E-state index contributed by atoms with van der Waals surface area (Å²) in [5.74, 6) is 0.829. The van der Waals surface area contributed by atoms with Crippen LogP contribution in [-0.2, 0) is 13.0 Å². The first-order valence-corrected chi connectivity index (χ1v) is 11.6. The molecule has 1 aliphatic heterocycles. The minimum Gasteiger partial charge on any atom is -0.492 e. The number of amides is 1. The van der Waals surface area contributed by atoms with E-state index in [9.17, 15) is 4.79 Å². The number of likely N-dealkylation sites (N-methyl/N-ethyl adjacent to an activating group) is 1. The minimum absolute atomic E-state index is 0.0423. The third-order valence-electron chi connectivity index (χ3n) is 6.20. The lowest BCUT2D eigenvalue weighted by molar-refractivity contribution is 0.0780. The topological polar surface area (TPSA) is 58.6 Å². The Balaban J connectivity index is 1.40. The van der Waals surface area contributed by atoms with Gasteiger partial charge >= 0.3 is 0 Å². The molecule has 5 rings (SSSR count). The molecule has 2 aromatic heterocycles. The molecule has 0 bridgehead atoms. The molecule has 0 aliphatic carbocycles. The summed E-state index contributed by atoms with van der Waals surface area (Å²) >= 11 is 0. The zero-order chi connectivity index (χ0) is 23.5. The number of carbonyl (C=O) groups excluding carboxylic acids is 1. The van der Waals surface area contributed by atoms with Gasteiger partial charge in [0.2, 0.25) is 0 Å². The van der Waals surface area contributed by atoms with Gasteiger partial charge in [0, 0.05) is 48.5 Å². The van der Waals surface area contributed by atoms with Crippen LogP contribution in [0.25, 0.3) is 22.0 Å². The van der Waals surface area contributed by atoms with E-state index in [2.05, 4.69) is 22.0 Å². The molecule has 0 fully saturated rings. The largest absolute Gasteiger partial charge is 0.492 e. The molecule has 0 saturated carbocycles. The summed E-state index contributed by atoms with van der Waals surface area (Å²) in [4.78, 5) is 26.5. The Morgan fingerprint density at radius 2 is 1.82 bits per heavy atom. The molecule has 3 heterocycles. The van der Waals surface area contributed by atoms with Gasteiger partial charge in [0.15, 0.2) is 0 Å². The molecule has 2 aromatic carbocycles. The van der Waals surface area contributed by atoms with Crippen molar-refractivity contribution in [1.82, 2.24) is 19.8 Å². The highest BCUT2D eigenvalue weighted by Gasteiger charge is 2.33. The Morgan fingerprint density at radius 1 is 1.00 bits per heavy atom. The molecule has 6 heteroatoms. The first kappa shape index (κ1) is 22.0. The molecule has 6 nitrogen and oxygen atoms in total. The van der Waals surface area contributed by atoms with Gasteiger partial charge in [-0.05, 0) is 61.6 Å². The van der Waals surface area contributed by atoms with Gasteiger partial charge < -0.3 is 14.5 Å². The van der Waals surface area contributed by atoms with Crippen LogP contribution < -0.4 is 4.74 Å². The van der Waals surface area contributed by atoms with Crippen molar-refractivity contribution in [3.05, 3.63) is 89.9 Å². The van der Waals surface area contributed by atoms with E-state index >= 15 is 0 Å². The predicted molar refractivity (Wildman–Crippen MR) is 134 cm³/mol. The number of hydrogen-bond donors (Lipinski definition) is 0. The monoisotopic (exact) mass is 452 g/mol. The van der Waals surface area contributed by atoms with Crippen molar-refractivity contribution in [1.29, 1.82) is 0 Å². The van der Waals surface area contributed by atoms with Gasteiger partial charge in [0.1, 0.15) is 12.4 Å². The van der Waals surface area contributed by atoms with Crippen molar-refractivity contribution in [3.63, 3.8) is 0 Å². The first-order valence-electron chi connectivity index (χ1n) is 11.6. The number of fused-ring (bicyclic) bond motifs is 2. The third kappa shape index (κ3) is 4.50. The predicted octanol–water partition coefficient (Wildman–Crippen LogP) is 4.44. The maximum absolute atomic E-state index is 13.6. The normalized spacial score (nSPS) is 13.0. The van der Waals surface area contributed by atoms with Gasteiger partial charge in [-0.15, -0.1) is 0 Å². The average Bonchev–Trinajstić information content (AvgIpc) is 3.19. The maximum Gasteiger partial charge on any atom is 0.255 e. The van der Waals surface area contributed by atoms with Crippen molar-refractivity contribution in [2.75, 3.05) is 33.8 Å². The molecule has 172 valence electrons. The number of nitrogens with zero attached hydrogens (tertiary/aromatic N) is 4. The molecule has 0 spiro atoms. The Labute approximate surface area is 199 Å². The molecule has 0 atom stereocenters. The summed E-state index contributed by atoms with van der Waals surface area (Å²) in [6.07, 6.45) is 4.21. The lowest BCUT2D eigenvalue weighted by atomic mass is 9.97. The molecule has 34 heavy (non-hydrogen) atoms. The highest BCUT2D eigenvalue weighted by Crippen LogP contribution is 2.38. The van der Waals surface area contributed by atoms with E-state index in [0.29, 0.717) is 26.1 Å². The zero-order valence-electron chi connectivity index (χ0n) is 19.6. The molecule has 0 saturated heterocycles. The summed E-state index contributed by atoms with van der Waals surface area (Å²) in [6, 6.07) is 20.1. The number of benzene rings is 2. The standard InChI is InChI=1S/C28H28N4O2/c1-31(2)17-18-34-26-10-9-23(20-11-14-29-15-12-20)27-24(26)19-32(28(27)33)16-13-22-8-7-21-5-3-4-6-25(21)30-22/h3-12,14-15H,13,16-19H2,1-2H3. The molecular formula is C28H28N4O2. The fourth-order valence-corrected chi connectivity index (χ4v) is 4.37. The fourth-order valence-electron chi connectivity index (χ4n) is 4.37. The van der Waals surface area contributed by atoms with Gasteiger partial charge in [0.05, 0.1) is 17.6 Å². The van der Waals surface area contributed by atoms with Gasteiger partial charge in [-0.25, -0.2) is 0 Å². The van der Waals surface area contributed by atoms with Crippen molar-refractivity contribution in [3.8, 4) is 16.9 Å². The summed E-state index contributed by atoms with van der Waals surface area (Å²) in [6.45, 7) is 2.53. The molecule has 1 aliphatic rings. The van der Waals surface area contributed by atoms with E-state index in [4.69, 9.17) is 9.72 Å². The minimum atomic E-state index is 0.0423. The van der Waals surface area contributed by atoms with E-state index in [1.54, 1.807) is 12.4 Å². The Hall–Kier alpha value is -3.77. The highest BCUT2D eigenvalue weighted by molar-refractivity contribution is 6.05. The number of pyridine rings is 2. The van der Waals surface area contributed by atoms with Gasteiger partial charge in [-0.2, -0.15) is 0 Å². The lowest BCUT2D eigenvalue weighted by Crippen LogP contribution is -2.26. The lowest BCUT2D eigenvalue weighted by Gasteiger charge is -2.16. The van der Waals surface area contributed by atoms with Gasteiger partial charge in [0.25, 0.3) is 5.91 Å². The molecule has 0 radical (unpaired) electrons. The second kappa shape index (κ2) is 9.61. The van der Waals surface area contributed by atoms with Crippen LogP contribution in [0.4, 0.5) is 0 Å². The van der Waals surface area contributed by atoms with E-state index < -0.39 is 0 Å². The smallest absolute Gasteiger partial charge is 0.255 e. The third-order valence-corrected chi connectivity index (χ3v) is 6.20. The second-order valence-electron chi connectivity index (χ2n) is 8.82. The molecule has 0 N–H and O–H groups in total. The summed E-state index contributed by atoms with van der Waals surface area (Å²) in [7, 11) is 4.04. The molecule has 0 unspecified atom stereocenters. The molecule has 1 amide bonds. The number of aromatic nitrogens is 2. The van der Waals surface area contributed by atoms with Crippen LogP contribution in [0.1, 0.15) is 21.6 Å². The van der Waals surface area contributed by atoms with Crippen LogP contribution in [-0.4, -0.2) is 59.5 Å². The average molecular weight is 453 g/mol. The van der Waals surface area contributed by atoms with Crippen LogP contribution in [0.2, 0.25) is 0 Å². The highest BCUT2D eigenvalue weighted by atomic mass is 16.5. The fraction of sp³-hybridized carbons (Fsp3) is 0.250. The number of ether oxygens (including phenoxy) is 1. The number of rotatable bonds is 8. The van der Waals surface area contributed by atoms with Crippen molar-refractivity contribution in [2.45, 2.75) is 13.0 Å². The van der Waals surface area contributed by atoms with E-state index in [0.717, 1.165) is 51.1 Å².